The molecule has 1 saturated heterocycles. The zero-order valence-corrected chi connectivity index (χ0v) is 12.6. The van der Waals surface area contributed by atoms with Gasteiger partial charge >= 0.3 is 0 Å². The van der Waals surface area contributed by atoms with E-state index in [0.717, 1.165) is 13.0 Å². The highest BCUT2D eigenvalue weighted by Gasteiger charge is 2.24. The van der Waals surface area contributed by atoms with Crippen LogP contribution in [0.15, 0.2) is 29.4 Å². The molecular weight excluding hydrogens is 266 g/mol. The molecule has 4 rings (SSSR count). The van der Waals surface area contributed by atoms with Gasteiger partial charge in [-0.3, -0.25) is 0 Å². The molecule has 104 valence electrons. The molecule has 1 fully saturated rings. The van der Waals surface area contributed by atoms with Crippen molar-refractivity contribution in [2.75, 3.05) is 20.1 Å². The molecular formula is C16H19N3S. The van der Waals surface area contributed by atoms with Gasteiger partial charge in [0.25, 0.3) is 0 Å². The molecule has 2 aliphatic heterocycles. The van der Waals surface area contributed by atoms with E-state index >= 15 is 0 Å². The van der Waals surface area contributed by atoms with Gasteiger partial charge in [-0.2, -0.15) is 0 Å². The predicted molar refractivity (Wildman–Crippen MR) is 83.0 cm³/mol. The number of thiophene rings is 1. The molecule has 2 aromatic rings. The molecule has 0 amide bonds. The maximum Gasteiger partial charge on any atom is 0.141 e. The maximum atomic E-state index is 4.67. The van der Waals surface area contributed by atoms with Crippen molar-refractivity contribution in [1.82, 2.24) is 14.5 Å². The molecule has 0 saturated carbocycles. The van der Waals surface area contributed by atoms with Gasteiger partial charge in [0.2, 0.25) is 0 Å². The first kappa shape index (κ1) is 12.4. The third kappa shape index (κ3) is 1.95. The molecule has 0 aliphatic carbocycles. The van der Waals surface area contributed by atoms with Crippen molar-refractivity contribution in [2.45, 2.75) is 25.8 Å². The summed E-state index contributed by atoms with van der Waals surface area (Å²) in [6, 6.07) is 2.29. The SMILES string of the molecule is CN1CCC(=C2c3sccc3CCn3ccnc32)CC1. The van der Waals surface area contributed by atoms with E-state index in [0.29, 0.717) is 0 Å². The quantitative estimate of drug-likeness (QED) is 0.742. The Morgan fingerprint density at radius 2 is 2.00 bits per heavy atom. The number of imidazole rings is 1. The minimum absolute atomic E-state index is 1.05. The van der Waals surface area contributed by atoms with Crippen molar-refractivity contribution in [2.24, 2.45) is 0 Å². The molecule has 20 heavy (non-hydrogen) atoms. The van der Waals surface area contributed by atoms with E-state index < -0.39 is 0 Å². The lowest BCUT2D eigenvalue weighted by Gasteiger charge is -2.26. The van der Waals surface area contributed by atoms with Crippen LogP contribution in [0.3, 0.4) is 0 Å². The maximum absolute atomic E-state index is 4.67. The van der Waals surface area contributed by atoms with Crippen molar-refractivity contribution in [3.8, 4) is 0 Å². The van der Waals surface area contributed by atoms with E-state index in [-0.39, 0.29) is 0 Å². The number of aryl methyl sites for hydroxylation is 2. The van der Waals surface area contributed by atoms with E-state index in [4.69, 9.17) is 0 Å². The molecule has 2 aliphatic rings. The fraction of sp³-hybridized carbons (Fsp3) is 0.438. The van der Waals surface area contributed by atoms with E-state index in [1.807, 2.05) is 17.5 Å². The number of fused-ring (bicyclic) bond motifs is 2. The van der Waals surface area contributed by atoms with Gasteiger partial charge in [0, 0.05) is 42.5 Å². The Morgan fingerprint density at radius 3 is 2.85 bits per heavy atom. The summed E-state index contributed by atoms with van der Waals surface area (Å²) in [6.45, 7) is 3.39. The zero-order chi connectivity index (χ0) is 13.5. The van der Waals surface area contributed by atoms with Gasteiger partial charge in [-0.05, 0) is 43.3 Å². The number of likely N-dealkylation sites (tertiary alicyclic amines) is 1. The summed E-state index contributed by atoms with van der Waals surface area (Å²) in [5.41, 5.74) is 4.54. The summed E-state index contributed by atoms with van der Waals surface area (Å²) in [6.07, 6.45) is 7.55. The van der Waals surface area contributed by atoms with Crippen molar-refractivity contribution in [1.29, 1.82) is 0 Å². The Labute approximate surface area is 123 Å². The van der Waals surface area contributed by atoms with E-state index in [9.17, 15) is 0 Å². The molecule has 2 aromatic heterocycles. The molecule has 0 aromatic carbocycles. The predicted octanol–water partition coefficient (Wildman–Crippen LogP) is 3.03. The first-order chi connectivity index (χ1) is 9.83. The van der Waals surface area contributed by atoms with Crippen LogP contribution in [-0.4, -0.2) is 34.6 Å². The monoisotopic (exact) mass is 285 g/mol. The zero-order valence-electron chi connectivity index (χ0n) is 11.8. The van der Waals surface area contributed by atoms with Crippen LogP contribution in [0.25, 0.3) is 5.57 Å². The molecule has 0 atom stereocenters. The summed E-state index contributed by atoms with van der Waals surface area (Å²) in [4.78, 5) is 8.56. The minimum atomic E-state index is 1.05. The summed E-state index contributed by atoms with van der Waals surface area (Å²) < 4.78 is 2.33. The minimum Gasteiger partial charge on any atom is -0.331 e. The number of hydrogen-bond donors (Lipinski definition) is 0. The van der Waals surface area contributed by atoms with E-state index in [1.54, 1.807) is 5.57 Å². The third-order valence-electron chi connectivity index (χ3n) is 4.48. The lowest BCUT2D eigenvalue weighted by Crippen LogP contribution is -2.27. The van der Waals surface area contributed by atoms with Gasteiger partial charge in [0.15, 0.2) is 0 Å². The van der Waals surface area contributed by atoms with Crippen LogP contribution in [0.4, 0.5) is 0 Å². The molecule has 4 heteroatoms. The van der Waals surface area contributed by atoms with Gasteiger partial charge in [0.1, 0.15) is 5.82 Å². The molecule has 0 bridgehead atoms. The van der Waals surface area contributed by atoms with Crippen LogP contribution in [0, 0.1) is 0 Å². The van der Waals surface area contributed by atoms with Crippen LogP contribution in [0.5, 0.6) is 0 Å². The second-order valence-corrected chi connectivity index (χ2v) is 6.67. The Bertz CT molecular complexity index is 611. The van der Waals surface area contributed by atoms with Crippen LogP contribution < -0.4 is 0 Å². The second-order valence-electron chi connectivity index (χ2n) is 5.75. The highest BCUT2D eigenvalue weighted by Crippen LogP contribution is 2.38. The fourth-order valence-corrected chi connectivity index (χ4v) is 4.31. The summed E-state index contributed by atoms with van der Waals surface area (Å²) in [7, 11) is 2.21. The highest BCUT2D eigenvalue weighted by molar-refractivity contribution is 7.11. The van der Waals surface area contributed by atoms with Crippen LogP contribution >= 0.6 is 11.3 Å². The number of hydrogen-bond acceptors (Lipinski definition) is 3. The number of rotatable bonds is 0. The largest absolute Gasteiger partial charge is 0.331 e. The Hall–Kier alpha value is -1.39. The Kier molecular flexibility index (Phi) is 3.00. The van der Waals surface area contributed by atoms with Gasteiger partial charge in [-0.25, -0.2) is 4.98 Å². The summed E-state index contributed by atoms with van der Waals surface area (Å²) >= 11 is 1.88. The lowest BCUT2D eigenvalue weighted by atomic mass is 9.95. The van der Waals surface area contributed by atoms with Crippen LogP contribution in [0.2, 0.25) is 0 Å². The third-order valence-corrected chi connectivity index (χ3v) is 5.45. The summed E-state index contributed by atoms with van der Waals surface area (Å²) in [5.74, 6) is 1.19. The average molecular weight is 285 g/mol. The van der Waals surface area contributed by atoms with Gasteiger partial charge in [-0.1, -0.05) is 5.57 Å². The van der Waals surface area contributed by atoms with Crippen LogP contribution in [-0.2, 0) is 13.0 Å². The number of nitrogens with zero attached hydrogens (tertiary/aromatic N) is 3. The highest BCUT2D eigenvalue weighted by atomic mass is 32.1. The second kappa shape index (κ2) is 4.86. The topological polar surface area (TPSA) is 21.1 Å². The van der Waals surface area contributed by atoms with Gasteiger partial charge in [-0.15, -0.1) is 11.3 Å². The molecule has 3 nitrogen and oxygen atoms in total. The Balaban J connectivity index is 1.89. The molecule has 0 N–H and O–H groups in total. The average Bonchev–Trinajstić information content (AvgIpc) is 3.07. The molecule has 4 heterocycles. The number of piperidine rings is 1. The lowest BCUT2D eigenvalue weighted by molar-refractivity contribution is 0.313. The standard InChI is InChI=1S/C16H19N3S/c1-18-7-2-12(3-8-18)14-15-13(5-11-20-15)4-9-19-10-6-17-16(14)19/h5-6,10-11H,2-4,7-9H2,1H3. The van der Waals surface area contributed by atoms with Crippen molar-refractivity contribution in [3.63, 3.8) is 0 Å². The van der Waals surface area contributed by atoms with Crippen molar-refractivity contribution >= 4 is 16.9 Å². The van der Waals surface area contributed by atoms with E-state index in [1.165, 1.54) is 47.8 Å². The first-order valence-corrected chi connectivity index (χ1v) is 8.19. The number of aromatic nitrogens is 2. The normalized spacial score (nSPS) is 19.6. The smallest absolute Gasteiger partial charge is 0.141 e. The fourth-order valence-electron chi connectivity index (χ4n) is 3.27. The van der Waals surface area contributed by atoms with Crippen LogP contribution in [0.1, 0.15) is 29.1 Å². The van der Waals surface area contributed by atoms with Crippen molar-refractivity contribution in [3.05, 3.63) is 45.7 Å². The molecule has 0 unspecified atom stereocenters. The van der Waals surface area contributed by atoms with Gasteiger partial charge < -0.3 is 9.47 Å². The molecule has 0 spiro atoms. The van der Waals surface area contributed by atoms with Gasteiger partial charge in [0.05, 0.1) is 0 Å². The van der Waals surface area contributed by atoms with Crippen molar-refractivity contribution < 1.29 is 0 Å². The first-order valence-electron chi connectivity index (χ1n) is 7.32. The molecule has 0 radical (unpaired) electrons. The van der Waals surface area contributed by atoms with E-state index in [2.05, 4.69) is 39.1 Å². The Morgan fingerprint density at radius 1 is 1.15 bits per heavy atom. The summed E-state index contributed by atoms with van der Waals surface area (Å²) in [5, 5.41) is 2.23.